The Bertz CT molecular complexity index is 2630. The molecule has 4 heterocycles. The molecule has 0 N–H and O–H groups in total. The molecule has 7 heteroatoms. The van der Waals surface area contributed by atoms with Crippen LogP contribution in [0.25, 0.3) is 60.8 Å². The van der Waals surface area contributed by atoms with Gasteiger partial charge in [-0.1, -0.05) is 60.7 Å². The van der Waals surface area contributed by atoms with Gasteiger partial charge in [-0.3, -0.25) is 4.57 Å². The van der Waals surface area contributed by atoms with Crippen LogP contribution >= 0.6 is 0 Å². The Morgan fingerprint density at radius 3 is 1.90 bits per heavy atom. The Labute approximate surface area is 277 Å². The molecular weight excluding hydrogens is 592 g/mol. The number of ether oxygens (including phenoxy) is 1. The van der Waals surface area contributed by atoms with E-state index in [0.29, 0.717) is 5.75 Å². The molecular formula is C41H32N6O. The van der Waals surface area contributed by atoms with E-state index in [9.17, 15) is 0 Å². The van der Waals surface area contributed by atoms with Crippen LogP contribution in [0.4, 0.5) is 0 Å². The van der Waals surface area contributed by atoms with E-state index >= 15 is 0 Å². The van der Waals surface area contributed by atoms with Crippen molar-refractivity contribution in [2.24, 2.45) is 0 Å². The summed E-state index contributed by atoms with van der Waals surface area (Å²) >= 11 is 0. The number of aromatic nitrogens is 6. The third-order valence-electron chi connectivity index (χ3n) is 9.37. The molecule has 0 bridgehead atoms. The second kappa shape index (κ2) is 10.7. The number of nitrogens with zero attached hydrogens (tertiary/aromatic N) is 6. The van der Waals surface area contributed by atoms with Crippen LogP contribution in [0.3, 0.4) is 0 Å². The number of rotatable bonds is 5. The van der Waals surface area contributed by atoms with E-state index in [1.807, 2.05) is 50.4 Å². The summed E-state index contributed by atoms with van der Waals surface area (Å²) in [5, 5.41) is 13.9. The molecule has 232 valence electrons. The summed E-state index contributed by atoms with van der Waals surface area (Å²) in [6.07, 6.45) is 1.91. The van der Waals surface area contributed by atoms with Crippen molar-refractivity contribution in [1.82, 2.24) is 29.1 Å². The molecule has 0 aliphatic heterocycles. The van der Waals surface area contributed by atoms with Crippen LogP contribution in [-0.4, -0.2) is 29.1 Å². The van der Waals surface area contributed by atoms with Crippen molar-refractivity contribution in [3.8, 4) is 28.7 Å². The molecule has 9 aromatic rings. The highest BCUT2D eigenvalue weighted by atomic mass is 16.5. The maximum absolute atomic E-state index is 6.47. The summed E-state index contributed by atoms with van der Waals surface area (Å²) in [4.78, 5) is 6.61. The summed E-state index contributed by atoms with van der Waals surface area (Å²) < 4.78 is 11.1. The first-order valence-corrected chi connectivity index (χ1v) is 16.1. The Hall–Kier alpha value is -6.21. The standard InChI is InChI=1S/C41H32N6O/c1-25-10-7-15-35-36-16-8-11-26(2)41(36)45(40(25)35)29-20-21-42-39(23-29)46-37-17-6-5-14-33(37)34-19-18-32(24-38(34)46)48-31-13-9-12-30(22-31)47-43-27(3)28(4)44-47/h5-24H,1-4H3. The number of hydrogen-bond donors (Lipinski definition) is 0. The first-order chi connectivity index (χ1) is 23.4. The monoisotopic (exact) mass is 624 g/mol. The SMILES string of the molecule is Cc1nn(-c2cccc(Oc3ccc4c5ccccc5n(-c5cc(-n6c7c(C)cccc7c7cccc(C)c76)ccn5)c4c3)c2)nc1C. The lowest BCUT2D eigenvalue weighted by molar-refractivity contribution is 0.482. The molecule has 4 aromatic heterocycles. The molecule has 0 aliphatic carbocycles. The fraction of sp³-hybridized carbons (Fsp3) is 0.0976. The van der Waals surface area contributed by atoms with Gasteiger partial charge in [0.1, 0.15) is 17.3 Å². The Kier molecular flexibility index (Phi) is 6.24. The molecule has 48 heavy (non-hydrogen) atoms. The molecule has 0 radical (unpaired) electrons. The van der Waals surface area contributed by atoms with E-state index in [2.05, 4.69) is 118 Å². The minimum absolute atomic E-state index is 0.708. The summed E-state index contributed by atoms with van der Waals surface area (Å²) in [5.74, 6) is 2.28. The Morgan fingerprint density at radius 2 is 1.15 bits per heavy atom. The Balaban J connectivity index is 1.20. The number of benzene rings is 5. The number of pyridine rings is 1. The highest BCUT2D eigenvalue weighted by Gasteiger charge is 2.18. The average Bonchev–Trinajstić information content (AvgIpc) is 3.75. The van der Waals surface area contributed by atoms with Crippen LogP contribution < -0.4 is 4.74 Å². The van der Waals surface area contributed by atoms with Crippen LogP contribution in [0.15, 0.2) is 121 Å². The zero-order chi connectivity index (χ0) is 32.5. The van der Waals surface area contributed by atoms with Crippen molar-refractivity contribution < 1.29 is 4.74 Å². The average molecular weight is 625 g/mol. The van der Waals surface area contributed by atoms with E-state index in [-0.39, 0.29) is 0 Å². The summed E-state index contributed by atoms with van der Waals surface area (Å²) in [7, 11) is 0. The fourth-order valence-electron chi connectivity index (χ4n) is 7.02. The normalized spacial score (nSPS) is 11.8. The van der Waals surface area contributed by atoms with Crippen LogP contribution in [0, 0.1) is 27.7 Å². The second-order valence-electron chi connectivity index (χ2n) is 12.4. The molecule has 9 rings (SSSR count). The molecule has 0 unspecified atom stereocenters. The van der Waals surface area contributed by atoms with Crippen LogP contribution in [-0.2, 0) is 0 Å². The fourth-order valence-corrected chi connectivity index (χ4v) is 7.02. The van der Waals surface area contributed by atoms with Crippen LogP contribution in [0.1, 0.15) is 22.5 Å². The largest absolute Gasteiger partial charge is 0.457 e. The molecule has 0 saturated heterocycles. The predicted octanol–water partition coefficient (Wildman–Crippen LogP) is 9.88. The molecule has 7 nitrogen and oxygen atoms in total. The minimum Gasteiger partial charge on any atom is -0.457 e. The number of fused-ring (bicyclic) bond motifs is 6. The van der Waals surface area contributed by atoms with Crippen molar-refractivity contribution in [3.63, 3.8) is 0 Å². The van der Waals surface area contributed by atoms with Gasteiger partial charge in [0.05, 0.1) is 44.8 Å². The van der Waals surface area contributed by atoms with Crippen molar-refractivity contribution >= 4 is 43.6 Å². The topological polar surface area (TPSA) is 62.7 Å². The van der Waals surface area contributed by atoms with Gasteiger partial charge in [-0.05, 0) is 75.2 Å². The molecule has 0 spiro atoms. The van der Waals surface area contributed by atoms with Gasteiger partial charge in [-0.15, -0.1) is 0 Å². The highest BCUT2D eigenvalue weighted by molar-refractivity contribution is 6.12. The number of para-hydroxylation sites is 3. The van der Waals surface area contributed by atoms with E-state index in [0.717, 1.165) is 56.1 Å². The second-order valence-corrected chi connectivity index (χ2v) is 12.4. The minimum atomic E-state index is 0.708. The maximum atomic E-state index is 6.47. The predicted molar refractivity (Wildman–Crippen MR) is 193 cm³/mol. The van der Waals surface area contributed by atoms with E-state index < -0.39 is 0 Å². The van der Waals surface area contributed by atoms with Gasteiger partial charge in [-0.2, -0.15) is 15.0 Å². The number of aryl methyl sites for hydroxylation is 4. The van der Waals surface area contributed by atoms with Gasteiger partial charge in [0, 0.05) is 45.9 Å². The van der Waals surface area contributed by atoms with Crippen molar-refractivity contribution in [1.29, 1.82) is 0 Å². The molecule has 0 fully saturated rings. The van der Waals surface area contributed by atoms with Gasteiger partial charge in [0.25, 0.3) is 0 Å². The lowest BCUT2D eigenvalue weighted by atomic mass is 10.1. The van der Waals surface area contributed by atoms with Crippen molar-refractivity contribution in [2.75, 3.05) is 0 Å². The maximum Gasteiger partial charge on any atom is 0.139 e. The lowest BCUT2D eigenvalue weighted by Gasteiger charge is -2.14. The first-order valence-electron chi connectivity index (χ1n) is 16.1. The molecule has 0 atom stereocenters. The van der Waals surface area contributed by atoms with E-state index in [4.69, 9.17) is 9.72 Å². The highest BCUT2D eigenvalue weighted by Crippen LogP contribution is 2.38. The first kappa shape index (κ1) is 28.0. The van der Waals surface area contributed by atoms with E-state index in [1.54, 1.807) is 4.80 Å². The third kappa shape index (κ3) is 4.32. The molecule has 0 saturated carbocycles. The van der Waals surface area contributed by atoms with Gasteiger partial charge in [0.15, 0.2) is 0 Å². The molecule has 0 amide bonds. The zero-order valence-electron chi connectivity index (χ0n) is 27.1. The summed E-state index contributed by atoms with van der Waals surface area (Å²) in [6, 6.07) is 40.0. The molecule has 5 aromatic carbocycles. The number of hydrogen-bond acceptors (Lipinski definition) is 4. The summed E-state index contributed by atoms with van der Waals surface area (Å²) in [5.41, 5.74) is 10.7. The van der Waals surface area contributed by atoms with Crippen molar-refractivity contribution in [2.45, 2.75) is 27.7 Å². The van der Waals surface area contributed by atoms with Gasteiger partial charge in [-0.25, -0.2) is 4.98 Å². The lowest BCUT2D eigenvalue weighted by Crippen LogP contribution is -2.02. The van der Waals surface area contributed by atoms with Crippen LogP contribution in [0.5, 0.6) is 11.5 Å². The van der Waals surface area contributed by atoms with Gasteiger partial charge < -0.3 is 9.30 Å². The summed E-state index contributed by atoms with van der Waals surface area (Å²) in [6.45, 7) is 8.30. The van der Waals surface area contributed by atoms with Crippen LogP contribution in [0.2, 0.25) is 0 Å². The zero-order valence-corrected chi connectivity index (χ0v) is 27.1. The van der Waals surface area contributed by atoms with Gasteiger partial charge >= 0.3 is 0 Å². The van der Waals surface area contributed by atoms with E-state index in [1.165, 1.54) is 32.9 Å². The third-order valence-corrected chi connectivity index (χ3v) is 9.37. The van der Waals surface area contributed by atoms with Gasteiger partial charge in [0.2, 0.25) is 0 Å². The Morgan fingerprint density at radius 1 is 0.500 bits per heavy atom. The smallest absolute Gasteiger partial charge is 0.139 e. The van der Waals surface area contributed by atoms with Crippen molar-refractivity contribution in [3.05, 3.63) is 144 Å². The molecule has 0 aliphatic rings. The quantitative estimate of drug-likeness (QED) is 0.191.